The molecule has 0 aliphatic carbocycles. The fraction of sp³-hybridized carbons (Fsp3) is 0.759. The van der Waals surface area contributed by atoms with Crippen molar-refractivity contribution in [2.24, 2.45) is 0 Å². The van der Waals surface area contributed by atoms with Gasteiger partial charge in [-0.1, -0.05) is 184 Å². The maximum Gasteiger partial charge on any atom is 0.306 e. The molecule has 0 rings (SSSR count). The summed E-state index contributed by atoms with van der Waals surface area (Å²) >= 11 is 0. The second kappa shape index (κ2) is 44.6. The molecule has 0 N–H and O–H groups in total. The molecule has 2 unspecified atom stereocenters. The third-order valence-corrected chi connectivity index (χ3v) is 11.2. The van der Waals surface area contributed by atoms with Gasteiger partial charge in [0.25, 0.3) is 0 Å². The van der Waals surface area contributed by atoms with Crippen molar-refractivity contribution in [1.82, 2.24) is 0 Å². The third kappa shape index (κ3) is 42.3. The summed E-state index contributed by atoms with van der Waals surface area (Å²) in [6.45, 7) is 4.54. The molecule has 0 aliphatic rings. The number of quaternary nitrogens is 1. The van der Waals surface area contributed by atoms with Gasteiger partial charge in [-0.3, -0.25) is 9.59 Å². The number of likely N-dealkylation sites (N-methyl/N-ethyl adjacent to an activating group) is 1. The van der Waals surface area contributed by atoms with Crippen LogP contribution in [0.3, 0.4) is 0 Å². The van der Waals surface area contributed by atoms with E-state index in [1.54, 1.807) is 21.1 Å². The van der Waals surface area contributed by atoms with Gasteiger partial charge in [-0.2, -0.15) is 0 Å². The highest BCUT2D eigenvalue weighted by Crippen LogP contribution is 2.15. The number of carbonyl (C=O) groups excluding carboxylic acids is 3. The molecule has 0 aromatic carbocycles. The number of ether oxygens (including phenoxy) is 3. The van der Waals surface area contributed by atoms with E-state index in [1.165, 1.54) is 103 Å². The van der Waals surface area contributed by atoms with Gasteiger partial charge in [0.05, 0.1) is 40.3 Å². The lowest BCUT2D eigenvalue weighted by Gasteiger charge is -2.34. The number of carbonyl (C=O) groups is 3. The van der Waals surface area contributed by atoms with Crippen LogP contribution in [0.15, 0.2) is 60.8 Å². The van der Waals surface area contributed by atoms with Gasteiger partial charge in [-0.25, -0.2) is 0 Å². The maximum atomic E-state index is 12.8. The smallest absolute Gasteiger partial charge is 0.306 e. The van der Waals surface area contributed by atoms with Crippen molar-refractivity contribution >= 4 is 17.9 Å². The Morgan fingerprint density at radius 1 is 0.516 bits per heavy atom. The number of rotatable bonds is 45. The average Bonchev–Trinajstić information content (AvgIpc) is 3.23. The van der Waals surface area contributed by atoms with Crippen LogP contribution < -0.4 is 5.11 Å². The summed E-state index contributed by atoms with van der Waals surface area (Å²) in [5.74, 6) is -1.76. The van der Waals surface area contributed by atoms with Gasteiger partial charge < -0.3 is 28.6 Å². The van der Waals surface area contributed by atoms with E-state index >= 15 is 0 Å². The summed E-state index contributed by atoms with van der Waals surface area (Å²) in [7, 11) is 5.41. The van der Waals surface area contributed by atoms with Crippen molar-refractivity contribution in [2.75, 3.05) is 41.0 Å². The Hall–Kier alpha value is -2.97. The zero-order valence-electron chi connectivity index (χ0n) is 40.8. The average molecular weight is 870 g/mol. The number of nitrogens with zero attached hydrogens (tertiary/aromatic N) is 1. The Balaban J connectivity index is 4.28. The van der Waals surface area contributed by atoms with Crippen LogP contribution in [0.2, 0.25) is 0 Å². The van der Waals surface area contributed by atoms with Gasteiger partial charge in [0.15, 0.2) is 6.10 Å². The molecule has 62 heavy (non-hydrogen) atoms. The SMILES string of the molecule is CC/C=C/C/C=C/C/C=C/CCCCCCCCCCCCC(=O)OCC(COCCC(C(=O)[O-])[N+](C)(C)C)OC(=O)CCCCCCC/C=C/C=C/CCCCCCCCC. The molecule has 2 atom stereocenters. The molecule has 0 radical (unpaired) electrons. The minimum Gasteiger partial charge on any atom is -0.544 e. The molecule has 0 fully saturated rings. The van der Waals surface area contributed by atoms with Crippen LogP contribution >= 0.6 is 0 Å². The predicted molar refractivity (Wildman–Crippen MR) is 259 cm³/mol. The zero-order chi connectivity index (χ0) is 45.6. The Morgan fingerprint density at radius 3 is 1.44 bits per heavy atom. The Kier molecular flexibility index (Phi) is 42.5. The zero-order valence-corrected chi connectivity index (χ0v) is 40.8. The molecule has 8 heteroatoms. The molecule has 0 aromatic heterocycles. The summed E-state index contributed by atoms with van der Waals surface area (Å²) in [5, 5.41) is 11.7. The number of esters is 2. The summed E-state index contributed by atoms with van der Waals surface area (Å²) in [6, 6.07) is -0.731. The highest BCUT2D eigenvalue weighted by molar-refractivity contribution is 5.70. The second-order valence-electron chi connectivity index (χ2n) is 18.1. The van der Waals surface area contributed by atoms with E-state index in [9.17, 15) is 19.5 Å². The van der Waals surface area contributed by atoms with Gasteiger partial charge in [0.1, 0.15) is 12.6 Å². The molecule has 0 saturated carbocycles. The topological polar surface area (TPSA) is 102 Å². The van der Waals surface area contributed by atoms with Crippen molar-refractivity contribution in [1.29, 1.82) is 0 Å². The molecule has 0 aromatic rings. The highest BCUT2D eigenvalue weighted by atomic mass is 16.6. The molecule has 0 amide bonds. The van der Waals surface area contributed by atoms with E-state index in [1.807, 2.05) is 0 Å². The first-order valence-corrected chi connectivity index (χ1v) is 25.3. The summed E-state index contributed by atoms with van der Waals surface area (Å²) in [6.07, 6.45) is 55.3. The predicted octanol–water partition coefficient (Wildman–Crippen LogP) is 13.2. The number of hydrogen-bond acceptors (Lipinski definition) is 7. The Bertz CT molecular complexity index is 1200. The van der Waals surface area contributed by atoms with Crippen molar-refractivity contribution in [3.05, 3.63) is 60.8 Å². The summed E-state index contributed by atoms with van der Waals surface area (Å²) in [4.78, 5) is 37.0. The molecular weight excluding hydrogens is 775 g/mol. The van der Waals surface area contributed by atoms with Gasteiger partial charge in [0.2, 0.25) is 0 Å². The minimum absolute atomic E-state index is 0.0320. The first-order valence-electron chi connectivity index (χ1n) is 25.3. The van der Waals surface area contributed by atoms with Crippen LogP contribution in [0.25, 0.3) is 0 Å². The molecule has 8 nitrogen and oxygen atoms in total. The van der Waals surface area contributed by atoms with Crippen molar-refractivity contribution in [2.45, 2.75) is 225 Å². The maximum absolute atomic E-state index is 12.8. The Morgan fingerprint density at radius 2 is 0.952 bits per heavy atom. The third-order valence-electron chi connectivity index (χ3n) is 11.2. The van der Waals surface area contributed by atoms with Gasteiger partial charge in [0, 0.05) is 19.3 Å². The first kappa shape index (κ1) is 59.0. The van der Waals surface area contributed by atoms with Crippen molar-refractivity contribution in [3.63, 3.8) is 0 Å². The Labute approximate surface area is 381 Å². The molecular formula is C54H95NO7. The quantitative estimate of drug-likeness (QED) is 0.0197. The molecule has 358 valence electrons. The largest absolute Gasteiger partial charge is 0.544 e. The summed E-state index contributed by atoms with van der Waals surface area (Å²) < 4.78 is 17.2. The van der Waals surface area contributed by atoms with Crippen LogP contribution in [0.5, 0.6) is 0 Å². The number of allylic oxidation sites excluding steroid dienone is 10. The molecule has 0 aliphatic heterocycles. The molecule has 0 heterocycles. The van der Waals surface area contributed by atoms with E-state index < -0.39 is 18.1 Å². The van der Waals surface area contributed by atoms with E-state index in [0.29, 0.717) is 12.8 Å². The van der Waals surface area contributed by atoms with Crippen molar-refractivity contribution < 1.29 is 38.2 Å². The number of carboxylic acid groups (broad SMARTS) is 1. The van der Waals surface area contributed by atoms with E-state index in [2.05, 4.69) is 74.6 Å². The molecule has 0 saturated heterocycles. The van der Waals surface area contributed by atoms with Gasteiger partial charge >= 0.3 is 11.9 Å². The van der Waals surface area contributed by atoms with Crippen LogP contribution in [-0.2, 0) is 28.6 Å². The fourth-order valence-electron chi connectivity index (χ4n) is 7.25. The van der Waals surface area contributed by atoms with Crippen LogP contribution in [0, 0.1) is 0 Å². The lowest BCUT2D eigenvalue weighted by Crippen LogP contribution is -2.55. The molecule has 0 spiro atoms. The standard InChI is InChI=1S/C54H95NO7/c1-6-8-10-12-14-16-18-20-22-24-26-27-29-30-32-34-36-38-40-42-44-52(56)61-49-50(48-60-47-46-51(54(58)59)55(3,4)5)62-53(57)45-43-41-39-37-35-33-31-28-25-23-21-19-17-15-13-11-9-7-2/h8,10,14,16,20,22-23,25,28,31,50-51H,6-7,9,11-13,15,17-19,21,24,26-27,29-30,32-49H2,1-5H3/b10-8+,16-14+,22-20+,25-23+,31-28+. The van der Waals surface area contributed by atoms with Crippen molar-refractivity contribution in [3.8, 4) is 0 Å². The van der Waals surface area contributed by atoms with E-state index in [0.717, 1.165) is 77.0 Å². The lowest BCUT2D eigenvalue weighted by molar-refractivity contribution is -0.889. The van der Waals surface area contributed by atoms with Gasteiger partial charge in [-0.15, -0.1) is 0 Å². The lowest BCUT2D eigenvalue weighted by atomic mass is 10.1. The van der Waals surface area contributed by atoms with Gasteiger partial charge in [-0.05, 0) is 70.6 Å². The molecule has 0 bridgehead atoms. The van der Waals surface area contributed by atoms with Crippen LogP contribution in [-0.4, -0.2) is 75.5 Å². The second-order valence-corrected chi connectivity index (χ2v) is 18.1. The number of unbranched alkanes of at least 4 members (excludes halogenated alkanes) is 22. The normalized spacial score (nSPS) is 13.4. The number of aliphatic carboxylic acids is 1. The number of carboxylic acids is 1. The summed E-state index contributed by atoms with van der Waals surface area (Å²) in [5.41, 5.74) is 0. The van der Waals surface area contributed by atoms with E-state index in [4.69, 9.17) is 14.2 Å². The number of hydrogen-bond donors (Lipinski definition) is 0. The highest BCUT2D eigenvalue weighted by Gasteiger charge is 2.25. The monoisotopic (exact) mass is 870 g/mol. The van der Waals surface area contributed by atoms with Crippen LogP contribution in [0.1, 0.15) is 213 Å². The fourth-order valence-corrected chi connectivity index (χ4v) is 7.25. The van der Waals surface area contributed by atoms with E-state index in [-0.39, 0.29) is 42.7 Å². The minimum atomic E-state index is -1.13. The first-order chi connectivity index (χ1) is 30.1. The van der Waals surface area contributed by atoms with Crippen LogP contribution in [0.4, 0.5) is 0 Å².